The predicted octanol–water partition coefficient (Wildman–Crippen LogP) is 4.99. The molecule has 0 spiro atoms. The molecule has 2 aromatic rings. The Labute approximate surface area is 223 Å². The highest BCUT2D eigenvalue weighted by Crippen LogP contribution is 2.40. The molecule has 1 aliphatic rings. The van der Waals surface area contributed by atoms with Gasteiger partial charge in [0.2, 0.25) is 0 Å². The molecular weight excluding hydrogens is 524 g/mol. The fourth-order valence-electron chi connectivity index (χ4n) is 4.12. The number of pyridine rings is 1. The second kappa shape index (κ2) is 11.9. The fourth-order valence-corrected chi connectivity index (χ4v) is 4.12. The van der Waals surface area contributed by atoms with Crippen molar-refractivity contribution in [2.45, 2.75) is 58.9 Å². The number of carbonyl (C=O) groups excluding carboxylic acids is 1. The van der Waals surface area contributed by atoms with E-state index >= 15 is 0 Å². The van der Waals surface area contributed by atoms with Crippen LogP contribution in [-0.2, 0) is 16.8 Å². The zero-order valence-electron chi connectivity index (χ0n) is 22.0. The number of anilines is 1. The summed E-state index contributed by atoms with van der Waals surface area (Å²) in [4.78, 5) is 32.4. The number of ketones is 1. The van der Waals surface area contributed by atoms with Gasteiger partial charge in [-0.05, 0) is 43.4 Å². The number of carboxylic acid groups (broad SMARTS) is 1. The standard InChI is InChI=1S/C27H36N4O4.BrH/c1-17-10-11-18-15-31(26(28)24(18)29-17)16-22(32)19-13-20(27(2,3)4)25(21(14-19)30(5)6)35-12-8-7-9-23(33)34;/h10-11,13-14,28H,7-9,12,15-16H2,1-6H3,(H,33,34);1H. The van der Waals surface area contributed by atoms with Gasteiger partial charge in [0.15, 0.2) is 5.78 Å². The average molecular weight is 562 g/mol. The number of rotatable bonds is 10. The molecule has 0 saturated heterocycles. The topological polar surface area (TPSA) is 107 Å². The molecule has 0 unspecified atom stereocenters. The number of benzene rings is 1. The summed E-state index contributed by atoms with van der Waals surface area (Å²) in [5.41, 5.74) is 4.47. The van der Waals surface area contributed by atoms with E-state index in [4.69, 9.17) is 15.3 Å². The molecule has 0 saturated carbocycles. The lowest BCUT2D eigenvalue weighted by atomic mass is 9.84. The molecule has 3 rings (SSSR count). The quantitative estimate of drug-likeness (QED) is 0.311. The molecule has 0 aliphatic carbocycles. The third-order valence-electron chi connectivity index (χ3n) is 6.07. The first-order chi connectivity index (χ1) is 16.4. The predicted molar refractivity (Wildman–Crippen MR) is 147 cm³/mol. The number of nitrogens with one attached hydrogen (secondary N) is 1. The van der Waals surface area contributed by atoms with Gasteiger partial charge in [0.25, 0.3) is 0 Å². The molecule has 9 heteroatoms. The molecule has 0 radical (unpaired) electrons. The van der Waals surface area contributed by atoms with Crippen LogP contribution in [0.15, 0.2) is 24.3 Å². The van der Waals surface area contributed by atoms with E-state index in [0.29, 0.717) is 37.3 Å². The van der Waals surface area contributed by atoms with Crippen molar-refractivity contribution < 1.29 is 19.4 Å². The molecule has 1 aromatic heterocycles. The monoisotopic (exact) mass is 560 g/mol. The maximum absolute atomic E-state index is 13.4. The van der Waals surface area contributed by atoms with E-state index in [-0.39, 0.29) is 47.0 Å². The van der Waals surface area contributed by atoms with E-state index in [0.717, 1.165) is 28.3 Å². The van der Waals surface area contributed by atoms with E-state index < -0.39 is 5.97 Å². The summed E-state index contributed by atoms with van der Waals surface area (Å²) in [7, 11) is 3.82. The maximum atomic E-state index is 13.4. The Kier molecular flexibility index (Phi) is 9.65. The van der Waals surface area contributed by atoms with Gasteiger partial charge >= 0.3 is 5.97 Å². The zero-order valence-corrected chi connectivity index (χ0v) is 23.7. The van der Waals surface area contributed by atoms with Crippen LogP contribution in [0.4, 0.5) is 5.69 Å². The Morgan fingerprint density at radius 2 is 1.89 bits per heavy atom. The lowest BCUT2D eigenvalue weighted by Crippen LogP contribution is -2.31. The first-order valence-electron chi connectivity index (χ1n) is 11.9. The van der Waals surface area contributed by atoms with Crippen LogP contribution in [0.25, 0.3) is 0 Å². The minimum atomic E-state index is -0.808. The van der Waals surface area contributed by atoms with Crippen molar-refractivity contribution in [1.29, 1.82) is 5.41 Å². The zero-order chi connectivity index (χ0) is 25.9. The molecule has 8 nitrogen and oxygen atoms in total. The third-order valence-corrected chi connectivity index (χ3v) is 6.07. The van der Waals surface area contributed by atoms with Gasteiger partial charge in [-0.1, -0.05) is 26.8 Å². The van der Waals surface area contributed by atoms with Crippen LogP contribution >= 0.6 is 17.0 Å². The summed E-state index contributed by atoms with van der Waals surface area (Å²) in [5.74, 6) is 0.121. The molecule has 36 heavy (non-hydrogen) atoms. The van der Waals surface area contributed by atoms with E-state index in [1.807, 2.05) is 50.2 Å². The molecule has 1 aromatic carbocycles. The van der Waals surface area contributed by atoms with Crippen LogP contribution in [0.5, 0.6) is 5.75 Å². The van der Waals surface area contributed by atoms with Crippen molar-refractivity contribution in [3.63, 3.8) is 0 Å². The molecule has 2 heterocycles. The first-order valence-corrected chi connectivity index (χ1v) is 11.9. The SMILES string of the molecule is Br.Cc1ccc2c(n1)C(=N)N(CC(=O)c1cc(N(C)C)c(OCCCCC(=O)O)c(C(C)(C)C)c1)C2. The van der Waals surface area contributed by atoms with E-state index in [2.05, 4.69) is 25.8 Å². The van der Waals surface area contributed by atoms with Crippen LogP contribution in [0, 0.1) is 12.3 Å². The van der Waals surface area contributed by atoms with Gasteiger partial charge in [0.05, 0.1) is 18.8 Å². The van der Waals surface area contributed by atoms with Gasteiger partial charge in [-0.25, -0.2) is 4.98 Å². The molecule has 1 aliphatic heterocycles. The third kappa shape index (κ3) is 6.84. The lowest BCUT2D eigenvalue weighted by molar-refractivity contribution is -0.137. The number of carboxylic acids is 1. The van der Waals surface area contributed by atoms with Crippen molar-refractivity contribution >= 4 is 40.3 Å². The number of hydrogen-bond donors (Lipinski definition) is 2. The second-order valence-electron chi connectivity index (χ2n) is 10.3. The number of ether oxygens (including phenoxy) is 1. The molecule has 0 fully saturated rings. The fraction of sp³-hybridized carbons (Fsp3) is 0.481. The van der Waals surface area contributed by atoms with Gasteiger partial charge in [-0.3, -0.25) is 15.0 Å². The number of halogens is 1. The minimum Gasteiger partial charge on any atom is -0.491 e. The number of hydrogen-bond acceptors (Lipinski definition) is 6. The summed E-state index contributed by atoms with van der Waals surface area (Å²) < 4.78 is 6.18. The summed E-state index contributed by atoms with van der Waals surface area (Å²) in [6, 6.07) is 7.65. The summed E-state index contributed by atoms with van der Waals surface area (Å²) in [6.45, 7) is 9.13. The van der Waals surface area contributed by atoms with Gasteiger partial charge in [0.1, 0.15) is 17.3 Å². The Hall–Kier alpha value is -2.94. The summed E-state index contributed by atoms with van der Waals surface area (Å²) in [6.07, 6.45) is 1.30. The Bertz CT molecular complexity index is 1140. The Morgan fingerprint density at radius 1 is 1.19 bits per heavy atom. The average Bonchev–Trinajstić information content (AvgIpc) is 3.06. The number of unbranched alkanes of at least 4 members (excludes halogenated alkanes) is 1. The number of carbonyl (C=O) groups is 2. The van der Waals surface area contributed by atoms with Gasteiger partial charge in [0, 0.05) is 49.4 Å². The van der Waals surface area contributed by atoms with Crippen molar-refractivity contribution in [3.05, 3.63) is 52.3 Å². The van der Waals surface area contributed by atoms with Crippen molar-refractivity contribution in [2.24, 2.45) is 0 Å². The molecule has 196 valence electrons. The number of amidine groups is 1. The van der Waals surface area contributed by atoms with Gasteiger partial charge < -0.3 is 19.6 Å². The Balaban J connectivity index is 0.00000456. The highest BCUT2D eigenvalue weighted by atomic mass is 79.9. The van der Waals surface area contributed by atoms with Crippen molar-refractivity contribution in [3.8, 4) is 5.75 Å². The largest absolute Gasteiger partial charge is 0.491 e. The lowest BCUT2D eigenvalue weighted by Gasteiger charge is -2.28. The van der Waals surface area contributed by atoms with Crippen LogP contribution in [-0.4, -0.2) is 59.8 Å². The van der Waals surface area contributed by atoms with Crippen LogP contribution in [0.1, 0.15) is 72.9 Å². The van der Waals surface area contributed by atoms with Crippen LogP contribution in [0.2, 0.25) is 0 Å². The number of aliphatic carboxylic acids is 1. The number of aryl methyl sites for hydroxylation is 1. The molecule has 0 bridgehead atoms. The second-order valence-corrected chi connectivity index (χ2v) is 10.3. The van der Waals surface area contributed by atoms with Crippen molar-refractivity contribution in [1.82, 2.24) is 9.88 Å². The smallest absolute Gasteiger partial charge is 0.303 e. The molecular formula is C27H37BrN4O4. The van der Waals surface area contributed by atoms with E-state index in [1.54, 1.807) is 4.90 Å². The van der Waals surface area contributed by atoms with Crippen LogP contribution < -0.4 is 9.64 Å². The number of Topliss-reactive ketones (excluding diaryl/α,β-unsaturated/α-hetero) is 1. The highest BCUT2D eigenvalue weighted by molar-refractivity contribution is 8.93. The van der Waals surface area contributed by atoms with Crippen molar-refractivity contribution in [2.75, 3.05) is 32.1 Å². The summed E-state index contributed by atoms with van der Waals surface area (Å²) in [5, 5.41) is 17.4. The number of aromatic nitrogens is 1. The van der Waals surface area contributed by atoms with Gasteiger partial charge in [-0.15, -0.1) is 17.0 Å². The molecule has 0 atom stereocenters. The maximum Gasteiger partial charge on any atom is 0.303 e. The van der Waals surface area contributed by atoms with Crippen LogP contribution in [0.3, 0.4) is 0 Å². The molecule has 0 amide bonds. The normalized spacial score (nSPS) is 12.7. The first kappa shape index (κ1) is 29.3. The highest BCUT2D eigenvalue weighted by Gasteiger charge is 2.29. The minimum absolute atomic E-state index is 0. The number of nitrogens with zero attached hydrogens (tertiary/aromatic N) is 3. The number of fused-ring (bicyclic) bond motifs is 1. The van der Waals surface area contributed by atoms with E-state index in [9.17, 15) is 9.59 Å². The van der Waals surface area contributed by atoms with Gasteiger partial charge in [-0.2, -0.15) is 0 Å². The summed E-state index contributed by atoms with van der Waals surface area (Å²) >= 11 is 0. The molecule has 2 N–H and O–H groups in total. The van der Waals surface area contributed by atoms with E-state index in [1.165, 1.54) is 0 Å². The Morgan fingerprint density at radius 3 is 2.50 bits per heavy atom.